The molecular weight excluding hydrogens is 364 g/mol. The highest BCUT2D eigenvalue weighted by atomic mass is 35.5. The van der Waals surface area contributed by atoms with Crippen LogP contribution in [0.5, 0.6) is 0 Å². The Bertz CT molecular complexity index is 951. The highest BCUT2D eigenvalue weighted by molar-refractivity contribution is 6.30. The summed E-state index contributed by atoms with van der Waals surface area (Å²) in [4.78, 5) is 23.3. The van der Waals surface area contributed by atoms with Crippen LogP contribution in [0.15, 0.2) is 60.9 Å². The summed E-state index contributed by atoms with van der Waals surface area (Å²) in [6.45, 7) is 1.97. The Kier molecular flexibility index (Phi) is 5.88. The average Bonchev–Trinajstić information content (AvgIpc) is 3.09. The van der Waals surface area contributed by atoms with E-state index in [1.165, 1.54) is 6.92 Å². The van der Waals surface area contributed by atoms with Crippen molar-refractivity contribution in [2.45, 2.75) is 13.3 Å². The van der Waals surface area contributed by atoms with Gasteiger partial charge in [0.15, 0.2) is 0 Å². The van der Waals surface area contributed by atoms with E-state index in [2.05, 4.69) is 15.7 Å². The van der Waals surface area contributed by atoms with Crippen LogP contribution in [0.3, 0.4) is 0 Å². The fourth-order valence-corrected chi connectivity index (χ4v) is 2.83. The first-order valence-corrected chi connectivity index (χ1v) is 8.84. The van der Waals surface area contributed by atoms with Crippen molar-refractivity contribution >= 4 is 29.1 Å². The summed E-state index contributed by atoms with van der Waals surface area (Å²) in [6, 6.07) is 14.7. The van der Waals surface area contributed by atoms with Gasteiger partial charge in [-0.2, -0.15) is 5.10 Å². The van der Waals surface area contributed by atoms with Gasteiger partial charge in [-0.15, -0.1) is 0 Å². The second kappa shape index (κ2) is 8.51. The molecule has 27 heavy (non-hydrogen) atoms. The highest BCUT2D eigenvalue weighted by Crippen LogP contribution is 2.13. The minimum absolute atomic E-state index is 0.136. The number of halogens is 1. The molecule has 3 rings (SSSR count). The molecule has 0 fully saturated rings. The molecular formula is C20H19ClN4O2. The van der Waals surface area contributed by atoms with E-state index >= 15 is 0 Å². The van der Waals surface area contributed by atoms with Crippen molar-refractivity contribution in [3.8, 4) is 5.69 Å². The Balaban J connectivity index is 1.57. The lowest BCUT2D eigenvalue weighted by atomic mass is 10.1. The molecule has 1 aromatic heterocycles. The summed E-state index contributed by atoms with van der Waals surface area (Å²) in [6.07, 6.45) is 3.99. The maximum atomic E-state index is 12.3. The monoisotopic (exact) mass is 382 g/mol. The number of amides is 2. The topological polar surface area (TPSA) is 76.0 Å². The van der Waals surface area contributed by atoms with Crippen LogP contribution in [0.1, 0.15) is 22.8 Å². The maximum absolute atomic E-state index is 12.3. The van der Waals surface area contributed by atoms with Crippen molar-refractivity contribution < 1.29 is 9.59 Å². The molecule has 0 aliphatic heterocycles. The number of anilines is 1. The summed E-state index contributed by atoms with van der Waals surface area (Å²) in [5, 5.41) is 10.5. The predicted octanol–water partition coefficient (Wildman–Crippen LogP) is 3.46. The highest BCUT2D eigenvalue weighted by Gasteiger charge is 2.07. The molecule has 0 spiro atoms. The zero-order chi connectivity index (χ0) is 19.2. The second-order valence-electron chi connectivity index (χ2n) is 6.04. The zero-order valence-electron chi connectivity index (χ0n) is 14.8. The summed E-state index contributed by atoms with van der Waals surface area (Å²) in [5.41, 5.74) is 3.05. The normalized spacial score (nSPS) is 10.4. The third-order valence-electron chi connectivity index (χ3n) is 3.89. The number of rotatable bonds is 6. The van der Waals surface area contributed by atoms with E-state index in [0.717, 1.165) is 11.3 Å². The smallest absolute Gasteiger partial charge is 0.251 e. The first-order valence-electron chi connectivity index (χ1n) is 8.46. The molecule has 1 heterocycles. The molecule has 0 aliphatic carbocycles. The molecule has 0 saturated carbocycles. The number of benzene rings is 2. The summed E-state index contributed by atoms with van der Waals surface area (Å²) in [7, 11) is 0. The maximum Gasteiger partial charge on any atom is 0.251 e. The molecule has 2 N–H and O–H groups in total. The largest absolute Gasteiger partial charge is 0.352 e. The van der Waals surface area contributed by atoms with Crippen LogP contribution in [-0.4, -0.2) is 28.1 Å². The van der Waals surface area contributed by atoms with Crippen molar-refractivity contribution in [1.29, 1.82) is 0 Å². The molecule has 0 radical (unpaired) electrons. The van der Waals surface area contributed by atoms with Crippen molar-refractivity contribution in [3.63, 3.8) is 0 Å². The molecule has 0 bridgehead atoms. The van der Waals surface area contributed by atoms with Gasteiger partial charge in [0.25, 0.3) is 5.91 Å². The number of hydrogen-bond donors (Lipinski definition) is 2. The summed E-state index contributed by atoms with van der Waals surface area (Å²) < 4.78 is 1.63. The first kappa shape index (κ1) is 18.7. The van der Waals surface area contributed by atoms with Gasteiger partial charge in [-0.05, 0) is 48.4 Å². The van der Waals surface area contributed by atoms with Crippen LogP contribution in [0, 0.1) is 0 Å². The number of carbonyl (C=O) groups excluding carboxylic acids is 2. The second-order valence-corrected chi connectivity index (χ2v) is 6.47. The number of nitrogens with one attached hydrogen (secondary N) is 2. The quantitative estimate of drug-likeness (QED) is 0.685. The predicted molar refractivity (Wildman–Crippen MR) is 105 cm³/mol. The van der Waals surface area contributed by atoms with Crippen molar-refractivity contribution in [2.75, 3.05) is 11.9 Å². The number of carbonyl (C=O) groups is 2. The molecule has 6 nitrogen and oxygen atoms in total. The van der Waals surface area contributed by atoms with Crippen LogP contribution in [0.25, 0.3) is 5.69 Å². The summed E-state index contributed by atoms with van der Waals surface area (Å²) in [5.74, 6) is -0.290. The van der Waals surface area contributed by atoms with Crippen LogP contribution in [-0.2, 0) is 11.2 Å². The Hall–Kier alpha value is -3.12. The van der Waals surface area contributed by atoms with Crippen LogP contribution in [0.2, 0.25) is 5.02 Å². The number of aromatic nitrogens is 2. The van der Waals surface area contributed by atoms with E-state index in [1.54, 1.807) is 41.3 Å². The lowest BCUT2D eigenvalue weighted by Gasteiger charge is -2.07. The summed E-state index contributed by atoms with van der Waals surface area (Å²) >= 11 is 5.96. The lowest BCUT2D eigenvalue weighted by molar-refractivity contribution is -0.114. The third kappa shape index (κ3) is 5.18. The Labute approximate surface area is 162 Å². The van der Waals surface area contributed by atoms with Gasteiger partial charge in [-0.1, -0.05) is 23.7 Å². The van der Waals surface area contributed by atoms with E-state index in [-0.39, 0.29) is 11.8 Å². The first-order chi connectivity index (χ1) is 13.0. The number of hydrogen-bond acceptors (Lipinski definition) is 3. The fourth-order valence-electron chi connectivity index (χ4n) is 2.61. The van der Waals surface area contributed by atoms with Gasteiger partial charge in [0, 0.05) is 24.1 Å². The van der Waals surface area contributed by atoms with Gasteiger partial charge in [-0.25, -0.2) is 4.68 Å². The SMILES string of the molecule is CC(=O)Nc1cnn(-c2ccc(C(=O)NCCc3cccc(Cl)c3)cc2)c1. The molecule has 0 saturated heterocycles. The molecule has 2 amide bonds. The molecule has 7 heteroatoms. The van der Waals surface area contributed by atoms with Crippen molar-refractivity contribution in [1.82, 2.24) is 15.1 Å². The fraction of sp³-hybridized carbons (Fsp3) is 0.150. The van der Waals surface area contributed by atoms with Gasteiger partial charge >= 0.3 is 0 Å². The Morgan fingerprint density at radius 3 is 2.63 bits per heavy atom. The van der Waals surface area contributed by atoms with Crippen LogP contribution >= 0.6 is 11.6 Å². The Morgan fingerprint density at radius 1 is 1.15 bits per heavy atom. The van der Waals surface area contributed by atoms with Gasteiger partial charge in [-0.3, -0.25) is 9.59 Å². The minimum Gasteiger partial charge on any atom is -0.352 e. The number of nitrogens with zero attached hydrogens (tertiary/aromatic N) is 2. The molecule has 0 atom stereocenters. The lowest BCUT2D eigenvalue weighted by Crippen LogP contribution is -2.25. The molecule has 0 unspecified atom stereocenters. The molecule has 3 aromatic rings. The van der Waals surface area contributed by atoms with Crippen LogP contribution < -0.4 is 10.6 Å². The average molecular weight is 383 g/mol. The minimum atomic E-state index is -0.153. The van der Waals surface area contributed by atoms with E-state index < -0.39 is 0 Å². The molecule has 2 aromatic carbocycles. The van der Waals surface area contributed by atoms with Gasteiger partial charge in [0.1, 0.15) is 0 Å². The van der Waals surface area contributed by atoms with Crippen molar-refractivity contribution in [3.05, 3.63) is 77.1 Å². The third-order valence-corrected chi connectivity index (χ3v) is 4.12. The Morgan fingerprint density at radius 2 is 1.93 bits per heavy atom. The molecule has 0 aliphatic rings. The van der Waals surface area contributed by atoms with Gasteiger partial charge in [0.2, 0.25) is 5.91 Å². The molecule has 138 valence electrons. The van der Waals surface area contributed by atoms with E-state index in [9.17, 15) is 9.59 Å². The van der Waals surface area contributed by atoms with Crippen molar-refractivity contribution in [2.24, 2.45) is 0 Å². The van der Waals surface area contributed by atoms with E-state index in [1.807, 2.05) is 24.3 Å². The van der Waals surface area contributed by atoms with Gasteiger partial charge < -0.3 is 10.6 Å². The van der Waals surface area contributed by atoms with E-state index in [0.29, 0.717) is 29.2 Å². The zero-order valence-corrected chi connectivity index (χ0v) is 15.5. The van der Waals surface area contributed by atoms with Crippen LogP contribution in [0.4, 0.5) is 5.69 Å². The van der Waals surface area contributed by atoms with Gasteiger partial charge in [0.05, 0.1) is 23.8 Å². The van der Waals surface area contributed by atoms with E-state index in [4.69, 9.17) is 11.6 Å². The standard InChI is InChI=1S/C20H19ClN4O2/c1-14(26)24-18-12-23-25(13-18)19-7-5-16(6-8-19)20(27)22-10-9-15-3-2-4-17(21)11-15/h2-8,11-13H,9-10H2,1H3,(H,22,27)(H,24,26).